The van der Waals surface area contributed by atoms with E-state index in [4.69, 9.17) is 5.73 Å². The number of aryl methyl sites for hydroxylation is 1. The van der Waals surface area contributed by atoms with Crippen molar-refractivity contribution in [2.24, 2.45) is 23.7 Å². The molecule has 94 valence electrons. The lowest BCUT2D eigenvalue weighted by Gasteiger charge is -2.31. The Morgan fingerprint density at radius 3 is 3.12 bits per heavy atom. The van der Waals surface area contributed by atoms with Gasteiger partial charge in [0.05, 0.1) is 0 Å². The lowest BCUT2D eigenvalue weighted by molar-refractivity contribution is 0.270. The number of hydrogen-bond donors (Lipinski definition) is 1. The van der Waals surface area contributed by atoms with E-state index in [0.29, 0.717) is 24.2 Å². The van der Waals surface area contributed by atoms with Crippen LogP contribution in [0.15, 0.2) is 11.3 Å². The Balaban J connectivity index is 1.92. The van der Waals surface area contributed by atoms with Crippen molar-refractivity contribution in [1.29, 1.82) is 0 Å². The highest BCUT2D eigenvalue weighted by molar-refractivity contribution is 5.78. The zero-order valence-corrected chi connectivity index (χ0v) is 10.5. The summed E-state index contributed by atoms with van der Waals surface area (Å²) in [6.07, 6.45) is 4.15. The maximum atomic E-state index is 5.98. The van der Waals surface area contributed by atoms with Crippen LogP contribution in [0.4, 0.5) is 0 Å². The molecule has 1 aliphatic rings. The fourth-order valence-electron chi connectivity index (χ4n) is 2.11. The first kappa shape index (κ1) is 11.9. The van der Waals surface area contributed by atoms with Crippen molar-refractivity contribution in [3.05, 3.63) is 12.2 Å². The number of piperidine rings is 1. The molecule has 2 N–H and O–H groups in total. The van der Waals surface area contributed by atoms with E-state index in [-0.39, 0.29) is 0 Å². The minimum absolute atomic E-state index is 0.456. The summed E-state index contributed by atoms with van der Waals surface area (Å²) in [5.41, 5.74) is 5.98. The molecule has 1 atom stereocenters. The minimum atomic E-state index is 0.456. The van der Waals surface area contributed by atoms with Crippen molar-refractivity contribution in [2.45, 2.75) is 26.3 Å². The fraction of sp³-hybridized carbons (Fsp3) is 0.727. The van der Waals surface area contributed by atoms with Crippen molar-refractivity contribution in [3.63, 3.8) is 0 Å². The molecule has 6 nitrogen and oxygen atoms in total. The number of nitrogens with zero attached hydrogens (tertiary/aromatic N) is 5. The molecule has 0 amide bonds. The first-order valence-electron chi connectivity index (χ1n) is 6.04. The first-order valence-corrected chi connectivity index (χ1v) is 6.04. The van der Waals surface area contributed by atoms with Crippen LogP contribution in [0.5, 0.6) is 0 Å². The predicted molar refractivity (Wildman–Crippen MR) is 66.3 cm³/mol. The van der Waals surface area contributed by atoms with Gasteiger partial charge in [0.1, 0.15) is 12.9 Å². The number of aliphatic imine (C=N–C) groups is 1. The summed E-state index contributed by atoms with van der Waals surface area (Å²) in [7, 11) is 1.84. The van der Waals surface area contributed by atoms with E-state index >= 15 is 0 Å². The molecule has 0 radical (unpaired) electrons. The minimum Gasteiger partial charge on any atom is -0.370 e. The highest BCUT2D eigenvalue weighted by Crippen LogP contribution is 2.14. The van der Waals surface area contributed by atoms with Gasteiger partial charge in [-0.25, -0.2) is 9.98 Å². The van der Waals surface area contributed by atoms with Crippen LogP contribution < -0.4 is 5.73 Å². The quantitative estimate of drug-likeness (QED) is 0.594. The SMILES string of the molecule is CC1CCCN(C(N)=NCc2ncn(C)n2)C1. The van der Waals surface area contributed by atoms with E-state index in [1.165, 1.54) is 12.8 Å². The van der Waals surface area contributed by atoms with Crippen LogP contribution in [0.1, 0.15) is 25.6 Å². The van der Waals surface area contributed by atoms with Gasteiger partial charge in [-0.3, -0.25) is 4.68 Å². The van der Waals surface area contributed by atoms with Gasteiger partial charge < -0.3 is 10.6 Å². The molecule has 1 fully saturated rings. The summed E-state index contributed by atoms with van der Waals surface area (Å²) in [5.74, 6) is 2.02. The fourth-order valence-corrected chi connectivity index (χ4v) is 2.11. The van der Waals surface area contributed by atoms with Crippen molar-refractivity contribution in [2.75, 3.05) is 13.1 Å². The second kappa shape index (κ2) is 5.16. The predicted octanol–water partition coefficient (Wildman–Crippen LogP) is 0.362. The summed E-state index contributed by atoms with van der Waals surface area (Å²) in [5, 5.41) is 4.17. The third-order valence-electron chi connectivity index (χ3n) is 3.01. The van der Waals surface area contributed by atoms with Crippen molar-refractivity contribution < 1.29 is 0 Å². The second-order valence-corrected chi connectivity index (χ2v) is 4.70. The molecule has 17 heavy (non-hydrogen) atoms. The lowest BCUT2D eigenvalue weighted by atomic mass is 10.0. The normalized spacial score (nSPS) is 21.9. The van der Waals surface area contributed by atoms with Crippen LogP contribution in [-0.2, 0) is 13.6 Å². The highest BCUT2D eigenvalue weighted by Gasteiger charge is 2.17. The van der Waals surface area contributed by atoms with Gasteiger partial charge in [-0.2, -0.15) is 5.10 Å². The molecule has 6 heteroatoms. The molecule has 1 aliphatic heterocycles. The highest BCUT2D eigenvalue weighted by atomic mass is 15.3. The zero-order valence-electron chi connectivity index (χ0n) is 10.5. The molecule has 0 aliphatic carbocycles. The third kappa shape index (κ3) is 3.18. The van der Waals surface area contributed by atoms with Crippen LogP contribution in [0, 0.1) is 5.92 Å². The summed E-state index contributed by atoms with van der Waals surface area (Å²) >= 11 is 0. The van der Waals surface area contributed by atoms with Crippen molar-refractivity contribution >= 4 is 5.96 Å². The van der Waals surface area contributed by atoms with Crippen LogP contribution >= 0.6 is 0 Å². The Morgan fingerprint density at radius 1 is 1.65 bits per heavy atom. The van der Waals surface area contributed by atoms with Crippen LogP contribution in [0.25, 0.3) is 0 Å². The van der Waals surface area contributed by atoms with Gasteiger partial charge >= 0.3 is 0 Å². The van der Waals surface area contributed by atoms with Crippen LogP contribution in [0.2, 0.25) is 0 Å². The maximum absolute atomic E-state index is 5.98. The average Bonchev–Trinajstić information content (AvgIpc) is 2.72. The van der Waals surface area contributed by atoms with Gasteiger partial charge in [0.25, 0.3) is 0 Å². The molecule has 1 unspecified atom stereocenters. The topological polar surface area (TPSA) is 72.3 Å². The Kier molecular flexibility index (Phi) is 3.61. The summed E-state index contributed by atoms with van der Waals surface area (Å²) in [6, 6.07) is 0. The lowest BCUT2D eigenvalue weighted by Crippen LogP contribution is -2.43. The third-order valence-corrected chi connectivity index (χ3v) is 3.01. The summed E-state index contributed by atoms with van der Waals surface area (Å²) in [4.78, 5) is 10.6. The standard InChI is InChI=1S/C11H20N6/c1-9-4-3-5-17(7-9)11(12)13-6-10-14-8-16(2)15-10/h8-9H,3-7H2,1-2H3,(H2,12,13). The number of hydrogen-bond acceptors (Lipinski definition) is 3. The summed E-state index contributed by atoms with van der Waals surface area (Å²) in [6.45, 7) is 4.72. The van der Waals surface area contributed by atoms with E-state index in [1.54, 1.807) is 11.0 Å². The van der Waals surface area contributed by atoms with Gasteiger partial charge in [0.15, 0.2) is 11.8 Å². The molecule has 2 rings (SSSR count). The number of likely N-dealkylation sites (tertiary alicyclic amines) is 1. The molecular weight excluding hydrogens is 216 g/mol. The maximum Gasteiger partial charge on any atom is 0.191 e. The van der Waals surface area contributed by atoms with Gasteiger partial charge in [0, 0.05) is 20.1 Å². The van der Waals surface area contributed by atoms with Crippen LogP contribution in [-0.4, -0.2) is 38.7 Å². The van der Waals surface area contributed by atoms with Crippen LogP contribution in [0.3, 0.4) is 0 Å². The van der Waals surface area contributed by atoms with E-state index < -0.39 is 0 Å². The first-order chi connectivity index (χ1) is 8.15. The summed E-state index contributed by atoms with van der Waals surface area (Å²) < 4.78 is 1.67. The molecule has 0 spiro atoms. The second-order valence-electron chi connectivity index (χ2n) is 4.70. The molecule has 2 heterocycles. The number of nitrogens with two attached hydrogens (primary N) is 1. The average molecular weight is 236 g/mol. The zero-order chi connectivity index (χ0) is 12.3. The Hall–Kier alpha value is -1.59. The largest absolute Gasteiger partial charge is 0.370 e. The van der Waals surface area contributed by atoms with Crippen molar-refractivity contribution in [3.8, 4) is 0 Å². The van der Waals surface area contributed by atoms with E-state index in [2.05, 4.69) is 26.9 Å². The van der Waals surface area contributed by atoms with E-state index in [1.807, 2.05) is 7.05 Å². The number of aromatic nitrogens is 3. The Bertz CT molecular complexity index is 396. The Labute approximate surface area is 102 Å². The van der Waals surface area contributed by atoms with E-state index in [9.17, 15) is 0 Å². The van der Waals surface area contributed by atoms with Gasteiger partial charge in [0.2, 0.25) is 0 Å². The molecule has 0 bridgehead atoms. The van der Waals surface area contributed by atoms with Gasteiger partial charge in [-0.15, -0.1) is 0 Å². The molecule has 1 aromatic heterocycles. The van der Waals surface area contributed by atoms with Gasteiger partial charge in [-0.05, 0) is 18.8 Å². The molecule has 1 aromatic rings. The smallest absolute Gasteiger partial charge is 0.191 e. The molecular formula is C11H20N6. The van der Waals surface area contributed by atoms with Crippen molar-refractivity contribution in [1.82, 2.24) is 19.7 Å². The number of guanidine groups is 1. The molecule has 1 saturated heterocycles. The number of rotatable bonds is 2. The van der Waals surface area contributed by atoms with E-state index in [0.717, 1.165) is 13.1 Å². The Morgan fingerprint density at radius 2 is 2.47 bits per heavy atom. The molecule has 0 saturated carbocycles. The van der Waals surface area contributed by atoms with Gasteiger partial charge in [-0.1, -0.05) is 6.92 Å². The molecule has 0 aromatic carbocycles. The monoisotopic (exact) mass is 236 g/mol.